The number of methoxy groups -OCH3 is 1. The molecule has 2 rings (SSSR count). The number of nitrogens with one attached hydrogen (secondary N) is 1. The Morgan fingerprint density at radius 3 is 2.67 bits per heavy atom. The molecule has 0 fully saturated rings. The quantitative estimate of drug-likeness (QED) is 0.564. The Hall–Kier alpha value is -2.19. The molecule has 126 valence electrons. The molecule has 1 heterocycles. The Morgan fingerprint density at radius 2 is 2.08 bits per heavy atom. The zero-order valence-electron chi connectivity index (χ0n) is 13.0. The Labute approximate surface area is 151 Å². The Morgan fingerprint density at radius 1 is 1.33 bits per heavy atom. The lowest BCUT2D eigenvalue weighted by molar-refractivity contribution is -0.136. The molecular formula is C16H15BrN2O4S. The third-order valence-electron chi connectivity index (χ3n) is 3.16. The van der Waals surface area contributed by atoms with E-state index in [9.17, 15) is 9.59 Å². The number of nitrogens with zero attached hydrogens (tertiary/aromatic N) is 1. The number of halogens is 1. The molecule has 0 aliphatic heterocycles. The first kappa shape index (κ1) is 18.2. The normalized spacial score (nSPS) is 11.2. The number of carbonyl (C=O) groups excluding carboxylic acids is 1. The number of hydrogen-bond acceptors (Lipinski definition) is 5. The van der Waals surface area contributed by atoms with Crippen molar-refractivity contribution in [2.75, 3.05) is 7.11 Å². The highest BCUT2D eigenvalue weighted by molar-refractivity contribution is 9.11. The fourth-order valence-corrected chi connectivity index (χ4v) is 3.27. The molecule has 0 saturated heterocycles. The SMILES string of the molecule is COc1ccc(/C(C)=N\NC(=O)c2ccc(Br)s2)cc1CC(=O)O. The van der Waals surface area contributed by atoms with Crippen LogP contribution >= 0.6 is 27.3 Å². The molecule has 2 aromatic rings. The van der Waals surface area contributed by atoms with Crippen LogP contribution in [0.4, 0.5) is 0 Å². The standard InChI is InChI=1S/C16H15BrN2O4S/c1-9(18-19-16(22)13-5-6-14(17)24-13)10-3-4-12(23-2)11(7-10)8-15(20)21/h3-7H,8H2,1-2H3,(H,19,22)(H,20,21)/b18-9-. The first-order chi connectivity index (χ1) is 11.4. The predicted molar refractivity (Wildman–Crippen MR) is 96.0 cm³/mol. The van der Waals surface area contributed by atoms with E-state index < -0.39 is 5.97 Å². The molecule has 0 spiro atoms. The molecule has 0 unspecified atom stereocenters. The van der Waals surface area contributed by atoms with Gasteiger partial charge in [0.25, 0.3) is 5.91 Å². The molecule has 1 amide bonds. The fourth-order valence-electron chi connectivity index (χ4n) is 2.00. The molecule has 0 aliphatic carbocycles. The van der Waals surface area contributed by atoms with Gasteiger partial charge in [-0.25, -0.2) is 5.43 Å². The molecular weight excluding hydrogens is 396 g/mol. The van der Waals surface area contributed by atoms with Crippen LogP contribution in [0.3, 0.4) is 0 Å². The maximum atomic E-state index is 12.0. The summed E-state index contributed by atoms with van der Waals surface area (Å²) in [6, 6.07) is 8.63. The Balaban J connectivity index is 2.17. The summed E-state index contributed by atoms with van der Waals surface area (Å²) in [7, 11) is 1.49. The van der Waals surface area contributed by atoms with E-state index in [2.05, 4.69) is 26.5 Å². The van der Waals surface area contributed by atoms with E-state index in [1.807, 2.05) is 0 Å². The third kappa shape index (κ3) is 4.65. The smallest absolute Gasteiger partial charge is 0.307 e. The van der Waals surface area contributed by atoms with Crippen molar-refractivity contribution in [2.24, 2.45) is 5.10 Å². The van der Waals surface area contributed by atoms with Crippen molar-refractivity contribution in [2.45, 2.75) is 13.3 Å². The third-order valence-corrected chi connectivity index (χ3v) is 4.78. The van der Waals surface area contributed by atoms with Crippen molar-refractivity contribution in [1.29, 1.82) is 0 Å². The molecule has 1 aromatic carbocycles. The summed E-state index contributed by atoms with van der Waals surface area (Å²) in [5.74, 6) is -0.748. The van der Waals surface area contributed by atoms with Gasteiger partial charge in [-0.2, -0.15) is 5.10 Å². The number of thiophene rings is 1. The van der Waals surface area contributed by atoms with Gasteiger partial charge in [-0.05, 0) is 58.7 Å². The van der Waals surface area contributed by atoms with Gasteiger partial charge in [-0.15, -0.1) is 11.3 Å². The maximum absolute atomic E-state index is 12.0. The fraction of sp³-hybridized carbons (Fsp3) is 0.188. The second-order valence-corrected chi connectivity index (χ2v) is 7.30. The van der Waals surface area contributed by atoms with E-state index in [-0.39, 0.29) is 12.3 Å². The van der Waals surface area contributed by atoms with Gasteiger partial charge in [0.1, 0.15) is 5.75 Å². The summed E-state index contributed by atoms with van der Waals surface area (Å²) in [4.78, 5) is 23.5. The van der Waals surface area contributed by atoms with E-state index in [0.717, 1.165) is 3.79 Å². The monoisotopic (exact) mass is 410 g/mol. The topological polar surface area (TPSA) is 88.0 Å². The second kappa shape index (κ2) is 8.07. The lowest BCUT2D eigenvalue weighted by atomic mass is 10.0. The van der Waals surface area contributed by atoms with Crippen LogP contribution in [0.25, 0.3) is 0 Å². The number of carboxylic acid groups (broad SMARTS) is 1. The molecule has 24 heavy (non-hydrogen) atoms. The predicted octanol–water partition coefficient (Wildman–Crippen LogP) is 3.30. The van der Waals surface area contributed by atoms with E-state index >= 15 is 0 Å². The number of benzene rings is 1. The summed E-state index contributed by atoms with van der Waals surface area (Å²) in [6.07, 6.45) is -0.153. The molecule has 6 nitrogen and oxygen atoms in total. The van der Waals surface area contributed by atoms with E-state index in [1.165, 1.54) is 18.4 Å². The van der Waals surface area contributed by atoms with Crippen LogP contribution in [-0.4, -0.2) is 29.8 Å². The summed E-state index contributed by atoms with van der Waals surface area (Å²) >= 11 is 4.61. The van der Waals surface area contributed by atoms with Crippen LogP contribution < -0.4 is 10.2 Å². The number of carboxylic acids is 1. The number of hydrogen-bond donors (Lipinski definition) is 2. The largest absolute Gasteiger partial charge is 0.496 e. The van der Waals surface area contributed by atoms with Crippen molar-refractivity contribution in [3.05, 3.63) is 50.1 Å². The van der Waals surface area contributed by atoms with Gasteiger partial charge < -0.3 is 9.84 Å². The van der Waals surface area contributed by atoms with Gasteiger partial charge >= 0.3 is 5.97 Å². The minimum Gasteiger partial charge on any atom is -0.496 e. The second-order valence-electron chi connectivity index (χ2n) is 4.84. The zero-order valence-corrected chi connectivity index (χ0v) is 15.4. The van der Waals surface area contributed by atoms with Crippen LogP contribution in [-0.2, 0) is 11.2 Å². The van der Waals surface area contributed by atoms with Crippen molar-refractivity contribution in [3.63, 3.8) is 0 Å². The summed E-state index contributed by atoms with van der Waals surface area (Å²) in [6.45, 7) is 1.73. The van der Waals surface area contributed by atoms with E-state index in [4.69, 9.17) is 9.84 Å². The summed E-state index contributed by atoms with van der Waals surface area (Å²) < 4.78 is 6.03. The van der Waals surface area contributed by atoms with Gasteiger partial charge in [0, 0.05) is 5.56 Å². The number of aliphatic carboxylic acids is 1. The molecule has 8 heteroatoms. The van der Waals surface area contributed by atoms with E-state index in [0.29, 0.717) is 27.5 Å². The number of hydrazone groups is 1. The van der Waals surface area contributed by atoms with E-state index in [1.54, 1.807) is 37.3 Å². The molecule has 2 N–H and O–H groups in total. The van der Waals surface area contributed by atoms with Crippen LogP contribution in [0.2, 0.25) is 0 Å². The molecule has 0 radical (unpaired) electrons. The lowest BCUT2D eigenvalue weighted by Gasteiger charge is -2.09. The highest BCUT2D eigenvalue weighted by Crippen LogP contribution is 2.22. The zero-order chi connectivity index (χ0) is 17.7. The highest BCUT2D eigenvalue weighted by Gasteiger charge is 2.11. The average Bonchev–Trinajstić information content (AvgIpc) is 2.98. The highest BCUT2D eigenvalue weighted by atomic mass is 79.9. The first-order valence-electron chi connectivity index (χ1n) is 6.89. The van der Waals surface area contributed by atoms with Gasteiger partial charge in [0.05, 0.1) is 27.9 Å². The Kier molecular flexibility index (Phi) is 6.10. The molecule has 0 saturated carbocycles. The van der Waals surface area contributed by atoms with Crippen LogP contribution in [0.5, 0.6) is 5.75 Å². The summed E-state index contributed by atoms with van der Waals surface area (Å²) in [5, 5.41) is 13.1. The van der Waals surface area contributed by atoms with Crippen molar-refractivity contribution < 1.29 is 19.4 Å². The lowest BCUT2D eigenvalue weighted by Crippen LogP contribution is -2.18. The molecule has 0 aliphatic rings. The number of amides is 1. The van der Waals surface area contributed by atoms with Crippen molar-refractivity contribution in [1.82, 2.24) is 5.43 Å². The van der Waals surface area contributed by atoms with Crippen LogP contribution in [0.15, 0.2) is 39.2 Å². The number of ether oxygens (including phenoxy) is 1. The van der Waals surface area contributed by atoms with Crippen LogP contribution in [0.1, 0.15) is 27.7 Å². The molecule has 0 atom stereocenters. The van der Waals surface area contributed by atoms with Gasteiger partial charge in [-0.3, -0.25) is 9.59 Å². The maximum Gasteiger partial charge on any atom is 0.307 e. The summed E-state index contributed by atoms with van der Waals surface area (Å²) in [5.41, 5.74) is 4.31. The van der Waals surface area contributed by atoms with Gasteiger partial charge in [0.2, 0.25) is 0 Å². The number of rotatable bonds is 6. The first-order valence-corrected chi connectivity index (χ1v) is 8.50. The van der Waals surface area contributed by atoms with Gasteiger partial charge in [-0.1, -0.05) is 0 Å². The number of carbonyl (C=O) groups is 2. The molecule has 0 bridgehead atoms. The average molecular weight is 411 g/mol. The Bertz CT molecular complexity index is 801. The van der Waals surface area contributed by atoms with Crippen molar-refractivity contribution in [3.8, 4) is 5.75 Å². The minimum atomic E-state index is -0.948. The van der Waals surface area contributed by atoms with Crippen molar-refractivity contribution >= 4 is 44.9 Å². The van der Waals surface area contributed by atoms with Gasteiger partial charge in [0.15, 0.2) is 0 Å². The minimum absolute atomic E-state index is 0.153. The van der Waals surface area contributed by atoms with Crippen LogP contribution in [0, 0.1) is 0 Å². The molecule has 1 aromatic heterocycles.